The molecule has 3 N–H and O–H groups in total. The first-order chi connectivity index (χ1) is 9.56. The zero-order chi connectivity index (χ0) is 16.1. The summed E-state index contributed by atoms with van der Waals surface area (Å²) in [7, 11) is 0. The summed E-state index contributed by atoms with van der Waals surface area (Å²) >= 11 is 0. The molecule has 3 heteroatoms. The van der Waals surface area contributed by atoms with Crippen molar-refractivity contribution in [2.24, 2.45) is 0 Å². The zero-order valence-electron chi connectivity index (χ0n) is 14.4. The topological polar surface area (TPSA) is 60.7 Å². The summed E-state index contributed by atoms with van der Waals surface area (Å²) in [6, 6.07) is 0. The number of aliphatic hydroxyl groups is 3. The average molecular weight is 293 g/mol. The first-order valence-electron chi connectivity index (χ1n) is 8.46. The van der Waals surface area contributed by atoms with Crippen LogP contribution in [0.1, 0.15) is 91.9 Å². The van der Waals surface area contributed by atoms with Crippen molar-refractivity contribution in [2.75, 3.05) is 13.2 Å². The van der Waals surface area contributed by atoms with E-state index in [4.69, 9.17) is 15.3 Å². The van der Waals surface area contributed by atoms with Gasteiger partial charge in [-0.1, -0.05) is 64.2 Å². The maximum atomic E-state index is 8.06. The van der Waals surface area contributed by atoms with Crippen LogP contribution in [0.15, 0.2) is 0 Å². The van der Waals surface area contributed by atoms with Crippen LogP contribution < -0.4 is 0 Å². The molecule has 2 aliphatic rings. The van der Waals surface area contributed by atoms with E-state index < -0.39 is 0 Å². The van der Waals surface area contributed by atoms with Gasteiger partial charge in [0.25, 0.3) is 0 Å². The van der Waals surface area contributed by atoms with Crippen molar-refractivity contribution in [3.8, 4) is 0 Å². The second-order valence-corrected chi connectivity index (χ2v) is 5.26. The highest BCUT2D eigenvalue weighted by Gasteiger charge is 1.95. The minimum absolute atomic E-state index is 0.167. The molecule has 2 fully saturated rings. The first kappa shape index (κ1) is 24.9. The van der Waals surface area contributed by atoms with Gasteiger partial charge in [-0.3, -0.25) is 0 Å². The summed E-state index contributed by atoms with van der Waals surface area (Å²) in [5, 5.41) is 23.2. The highest BCUT2D eigenvalue weighted by molar-refractivity contribution is 4.51. The second kappa shape index (κ2) is 27.3. The Hall–Kier alpha value is -0.120. The van der Waals surface area contributed by atoms with Crippen LogP contribution >= 0.6 is 0 Å². The van der Waals surface area contributed by atoms with Gasteiger partial charge in [0.1, 0.15) is 0 Å². The van der Waals surface area contributed by atoms with Crippen LogP contribution in [-0.4, -0.2) is 34.6 Å². The van der Waals surface area contributed by atoms with Crippen LogP contribution in [-0.2, 0) is 0 Å². The quantitative estimate of drug-likeness (QED) is 0.624. The smallest absolute Gasteiger partial charge is 0.0483 e. The molecule has 0 aliphatic heterocycles. The first-order valence-corrected chi connectivity index (χ1v) is 8.46. The molecule has 2 saturated carbocycles. The van der Waals surface area contributed by atoms with Crippen LogP contribution in [0.5, 0.6) is 0 Å². The Balaban J connectivity index is -0.000000185. The van der Waals surface area contributed by atoms with E-state index in [1.807, 2.05) is 0 Å². The third-order valence-electron chi connectivity index (χ3n) is 2.50. The summed E-state index contributed by atoms with van der Waals surface area (Å²) in [6.07, 6.45) is 14.8. The van der Waals surface area contributed by atoms with Gasteiger partial charge < -0.3 is 15.3 Å². The van der Waals surface area contributed by atoms with E-state index in [1.165, 1.54) is 64.2 Å². The van der Waals surface area contributed by atoms with Gasteiger partial charge in [0.15, 0.2) is 0 Å². The lowest BCUT2D eigenvalue weighted by atomic mass is 10.4. The number of rotatable bonds is 0. The third kappa shape index (κ3) is 52.2. The SMILES string of the molecule is C1CCCC1.C1CCCC1.CC(C)O.CCO.CCO. The molecule has 0 aromatic carbocycles. The maximum absolute atomic E-state index is 8.06. The Morgan fingerprint density at radius 1 is 0.600 bits per heavy atom. The summed E-state index contributed by atoms with van der Waals surface area (Å²) in [5.74, 6) is 0. The highest BCUT2D eigenvalue weighted by Crippen LogP contribution is 2.15. The molecular weight excluding hydrogens is 252 g/mol. The van der Waals surface area contributed by atoms with Gasteiger partial charge >= 0.3 is 0 Å². The fraction of sp³-hybridized carbons (Fsp3) is 1.00. The third-order valence-corrected chi connectivity index (χ3v) is 2.50. The maximum Gasteiger partial charge on any atom is 0.0483 e. The number of aliphatic hydroxyl groups excluding tert-OH is 3. The molecule has 0 aromatic heterocycles. The monoisotopic (exact) mass is 292 g/mol. The Morgan fingerprint density at radius 3 is 0.700 bits per heavy atom. The van der Waals surface area contributed by atoms with Gasteiger partial charge in [0.2, 0.25) is 0 Å². The lowest BCUT2D eigenvalue weighted by molar-refractivity contribution is 0.216. The fourth-order valence-electron chi connectivity index (χ4n) is 1.77. The van der Waals surface area contributed by atoms with Crippen molar-refractivity contribution in [3.05, 3.63) is 0 Å². The van der Waals surface area contributed by atoms with Gasteiger partial charge in [-0.2, -0.15) is 0 Å². The van der Waals surface area contributed by atoms with E-state index >= 15 is 0 Å². The van der Waals surface area contributed by atoms with Crippen molar-refractivity contribution in [3.63, 3.8) is 0 Å². The molecule has 2 aliphatic carbocycles. The number of hydrogen-bond donors (Lipinski definition) is 3. The molecule has 0 saturated heterocycles. The summed E-state index contributed by atoms with van der Waals surface area (Å²) in [4.78, 5) is 0. The highest BCUT2D eigenvalue weighted by atomic mass is 16.3. The van der Waals surface area contributed by atoms with Crippen molar-refractivity contribution in [1.29, 1.82) is 0 Å². The zero-order valence-corrected chi connectivity index (χ0v) is 14.4. The molecule has 0 heterocycles. The molecule has 20 heavy (non-hydrogen) atoms. The molecule has 0 bridgehead atoms. The fourth-order valence-corrected chi connectivity index (χ4v) is 1.77. The average Bonchev–Trinajstić information content (AvgIpc) is 3.10. The van der Waals surface area contributed by atoms with E-state index in [1.54, 1.807) is 27.7 Å². The van der Waals surface area contributed by atoms with Crippen molar-refractivity contribution in [1.82, 2.24) is 0 Å². The van der Waals surface area contributed by atoms with E-state index in [9.17, 15) is 0 Å². The predicted octanol–water partition coefficient (Wildman–Crippen LogP) is 4.29. The van der Waals surface area contributed by atoms with Gasteiger partial charge in [-0.15, -0.1) is 0 Å². The van der Waals surface area contributed by atoms with Crippen LogP contribution in [0.3, 0.4) is 0 Å². The molecule has 0 spiro atoms. The van der Waals surface area contributed by atoms with Gasteiger partial charge in [0, 0.05) is 19.3 Å². The molecule has 126 valence electrons. The van der Waals surface area contributed by atoms with Crippen LogP contribution in [0.4, 0.5) is 0 Å². The van der Waals surface area contributed by atoms with Gasteiger partial charge in [-0.25, -0.2) is 0 Å². The minimum Gasteiger partial charge on any atom is -0.397 e. The standard InChI is InChI=1S/2C5H10.C3H8O.2C2H6O/c2*1-2-4-5-3-1;1-3(2)4;2*1-2-3/h2*1-5H2;3-4H,1-2H3;2*3H,2H2,1H3. The van der Waals surface area contributed by atoms with Crippen molar-refractivity contribution >= 4 is 0 Å². The predicted molar refractivity (Wildman–Crippen MR) is 89.0 cm³/mol. The molecule has 2 rings (SSSR count). The van der Waals surface area contributed by atoms with Gasteiger partial charge in [0.05, 0.1) is 0 Å². The van der Waals surface area contributed by atoms with Crippen molar-refractivity contribution < 1.29 is 15.3 Å². The molecule has 0 atom stereocenters. The normalized spacial score (nSPS) is 15.6. The largest absolute Gasteiger partial charge is 0.397 e. The summed E-state index contributed by atoms with van der Waals surface area (Å²) in [6.45, 7) is 7.31. The Labute approximate surface area is 127 Å². The van der Waals surface area contributed by atoms with E-state index in [0.29, 0.717) is 0 Å². The van der Waals surface area contributed by atoms with Crippen LogP contribution in [0.25, 0.3) is 0 Å². The Morgan fingerprint density at radius 2 is 0.650 bits per heavy atom. The summed E-state index contributed by atoms with van der Waals surface area (Å²) in [5.41, 5.74) is 0. The van der Waals surface area contributed by atoms with E-state index in [-0.39, 0.29) is 19.3 Å². The van der Waals surface area contributed by atoms with Gasteiger partial charge in [-0.05, 0) is 27.7 Å². The molecule has 3 nitrogen and oxygen atoms in total. The molecule has 0 radical (unpaired) electrons. The second-order valence-electron chi connectivity index (χ2n) is 5.26. The number of hydrogen-bond acceptors (Lipinski definition) is 3. The van der Waals surface area contributed by atoms with E-state index in [2.05, 4.69) is 0 Å². The van der Waals surface area contributed by atoms with Crippen LogP contribution in [0.2, 0.25) is 0 Å². The Kier molecular flexibility index (Phi) is 33.9. The molecule has 0 aromatic rings. The molecule has 0 amide bonds. The van der Waals surface area contributed by atoms with E-state index in [0.717, 1.165) is 0 Å². The van der Waals surface area contributed by atoms with Crippen LogP contribution in [0, 0.1) is 0 Å². The minimum atomic E-state index is -0.167. The lowest BCUT2D eigenvalue weighted by Crippen LogP contribution is -1.85. The molecular formula is C17H40O3. The van der Waals surface area contributed by atoms with Crippen molar-refractivity contribution in [2.45, 2.75) is 98.0 Å². The summed E-state index contributed by atoms with van der Waals surface area (Å²) < 4.78 is 0. The lowest BCUT2D eigenvalue weighted by Gasteiger charge is -1.80. The molecule has 0 unspecified atom stereocenters. The Bertz CT molecular complexity index is 89.4.